The number of benzene rings is 2. The van der Waals surface area contributed by atoms with Gasteiger partial charge in [0.25, 0.3) is 11.2 Å². The molecule has 3 rings (SSSR count). The van der Waals surface area contributed by atoms with Crippen molar-refractivity contribution in [2.24, 2.45) is 0 Å². The molecule has 0 aliphatic carbocycles. The SMILES string of the molecule is COc1ccc(Cn2c(Cl)cc(=O)n(Cc3ccccc3[N+](=O)[O-])c2=O)cc1. The molecule has 1 aromatic heterocycles. The highest BCUT2D eigenvalue weighted by Crippen LogP contribution is 2.18. The van der Waals surface area contributed by atoms with Crippen molar-refractivity contribution in [3.63, 3.8) is 0 Å². The number of nitrogens with zero attached hydrogens (tertiary/aromatic N) is 3. The highest BCUT2D eigenvalue weighted by atomic mass is 35.5. The minimum absolute atomic E-state index is 0.00960. The third-order valence-electron chi connectivity index (χ3n) is 4.24. The molecule has 0 aliphatic heterocycles. The number of ether oxygens (including phenoxy) is 1. The lowest BCUT2D eigenvalue weighted by Gasteiger charge is -2.13. The molecule has 28 heavy (non-hydrogen) atoms. The lowest BCUT2D eigenvalue weighted by Crippen LogP contribution is -2.40. The van der Waals surface area contributed by atoms with Crippen molar-refractivity contribution in [2.75, 3.05) is 7.11 Å². The average Bonchev–Trinajstić information content (AvgIpc) is 2.69. The van der Waals surface area contributed by atoms with Crippen molar-refractivity contribution in [3.8, 4) is 5.75 Å². The number of halogens is 1. The molecule has 0 bridgehead atoms. The first-order valence-corrected chi connectivity index (χ1v) is 8.64. The van der Waals surface area contributed by atoms with Crippen LogP contribution in [0.4, 0.5) is 5.69 Å². The van der Waals surface area contributed by atoms with E-state index >= 15 is 0 Å². The van der Waals surface area contributed by atoms with Crippen LogP contribution in [0.1, 0.15) is 11.1 Å². The molecular formula is C19H16ClN3O5. The van der Waals surface area contributed by atoms with Gasteiger partial charge in [-0.25, -0.2) is 4.79 Å². The van der Waals surface area contributed by atoms with Crippen LogP contribution in [0.15, 0.2) is 64.2 Å². The van der Waals surface area contributed by atoms with Crippen LogP contribution in [0.3, 0.4) is 0 Å². The number of rotatable bonds is 6. The monoisotopic (exact) mass is 401 g/mol. The Morgan fingerprint density at radius 1 is 1.04 bits per heavy atom. The van der Waals surface area contributed by atoms with Crippen LogP contribution < -0.4 is 16.0 Å². The highest BCUT2D eigenvalue weighted by Gasteiger charge is 2.17. The number of hydrogen-bond donors (Lipinski definition) is 0. The number of nitro benzene ring substituents is 1. The summed E-state index contributed by atoms with van der Waals surface area (Å²) in [5.41, 5.74) is -0.401. The second-order valence-corrected chi connectivity index (χ2v) is 6.38. The Bertz CT molecular complexity index is 1140. The molecule has 3 aromatic rings. The molecule has 8 nitrogen and oxygen atoms in total. The van der Waals surface area contributed by atoms with Gasteiger partial charge in [-0.15, -0.1) is 0 Å². The predicted molar refractivity (Wildman–Crippen MR) is 104 cm³/mol. The van der Waals surface area contributed by atoms with Gasteiger partial charge in [-0.3, -0.25) is 24.0 Å². The molecule has 0 N–H and O–H groups in total. The average molecular weight is 402 g/mol. The molecule has 0 unspecified atom stereocenters. The molecule has 0 saturated carbocycles. The lowest BCUT2D eigenvalue weighted by molar-refractivity contribution is -0.385. The lowest BCUT2D eigenvalue weighted by atomic mass is 10.2. The Morgan fingerprint density at radius 2 is 1.71 bits per heavy atom. The van der Waals surface area contributed by atoms with Crippen LogP contribution >= 0.6 is 11.6 Å². The molecule has 0 amide bonds. The molecule has 9 heteroatoms. The maximum Gasteiger partial charge on any atom is 0.332 e. The molecule has 0 fully saturated rings. The standard InChI is InChI=1S/C19H16ClN3O5/c1-28-15-8-6-13(7-9-15)11-21-17(20)10-18(24)22(19(21)25)12-14-4-2-3-5-16(14)23(26)27/h2-10H,11-12H2,1H3. The molecule has 1 heterocycles. The molecule has 0 atom stereocenters. The highest BCUT2D eigenvalue weighted by molar-refractivity contribution is 6.29. The van der Waals surface area contributed by atoms with Crippen molar-refractivity contribution < 1.29 is 9.66 Å². The van der Waals surface area contributed by atoms with Crippen LogP contribution in [0.2, 0.25) is 5.15 Å². The summed E-state index contributed by atoms with van der Waals surface area (Å²) in [6.45, 7) is -0.0899. The molecule has 0 radical (unpaired) electrons. The third kappa shape index (κ3) is 3.96. The van der Waals surface area contributed by atoms with Gasteiger partial charge in [0, 0.05) is 17.7 Å². The first-order valence-electron chi connectivity index (χ1n) is 8.26. The van der Waals surface area contributed by atoms with E-state index in [1.54, 1.807) is 37.4 Å². The van der Waals surface area contributed by atoms with Crippen molar-refractivity contribution >= 4 is 17.3 Å². The van der Waals surface area contributed by atoms with E-state index in [4.69, 9.17) is 16.3 Å². The van der Waals surface area contributed by atoms with E-state index in [0.717, 1.165) is 16.2 Å². The van der Waals surface area contributed by atoms with E-state index in [1.807, 2.05) is 0 Å². The molecule has 0 aliphatic rings. The topological polar surface area (TPSA) is 96.4 Å². The fourth-order valence-corrected chi connectivity index (χ4v) is 3.01. The zero-order chi connectivity index (χ0) is 20.3. The quantitative estimate of drug-likeness (QED) is 0.359. The van der Waals surface area contributed by atoms with Gasteiger partial charge in [-0.2, -0.15) is 0 Å². The second-order valence-electron chi connectivity index (χ2n) is 5.99. The fourth-order valence-electron chi connectivity index (χ4n) is 2.78. The maximum absolute atomic E-state index is 12.9. The third-order valence-corrected chi connectivity index (χ3v) is 4.56. The van der Waals surface area contributed by atoms with Gasteiger partial charge in [-0.1, -0.05) is 41.9 Å². The number of para-hydroxylation sites is 1. The zero-order valence-electron chi connectivity index (χ0n) is 14.9. The summed E-state index contributed by atoms with van der Waals surface area (Å²) in [4.78, 5) is 35.8. The first-order chi connectivity index (χ1) is 13.4. The van der Waals surface area contributed by atoms with E-state index in [9.17, 15) is 19.7 Å². The van der Waals surface area contributed by atoms with Gasteiger partial charge in [0.1, 0.15) is 10.9 Å². The summed E-state index contributed by atoms with van der Waals surface area (Å²) >= 11 is 6.12. The summed E-state index contributed by atoms with van der Waals surface area (Å²) in [7, 11) is 1.55. The van der Waals surface area contributed by atoms with E-state index in [0.29, 0.717) is 5.75 Å². The number of methoxy groups -OCH3 is 1. The van der Waals surface area contributed by atoms with Gasteiger partial charge in [0.2, 0.25) is 0 Å². The van der Waals surface area contributed by atoms with Gasteiger partial charge < -0.3 is 4.74 Å². The Hall–Kier alpha value is -3.39. The summed E-state index contributed by atoms with van der Waals surface area (Å²) in [6.07, 6.45) is 0. The summed E-state index contributed by atoms with van der Waals surface area (Å²) < 4.78 is 7.27. The number of aromatic nitrogens is 2. The summed E-state index contributed by atoms with van der Waals surface area (Å²) in [5, 5.41) is 11.2. The number of nitro groups is 1. The van der Waals surface area contributed by atoms with E-state index in [1.165, 1.54) is 22.8 Å². The summed E-state index contributed by atoms with van der Waals surface area (Å²) in [5.74, 6) is 0.670. The Balaban J connectivity index is 2.02. The Morgan fingerprint density at radius 3 is 2.36 bits per heavy atom. The minimum Gasteiger partial charge on any atom is -0.497 e. The maximum atomic E-state index is 12.9. The normalized spacial score (nSPS) is 10.6. The van der Waals surface area contributed by atoms with E-state index < -0.39 is 16.2 Å². The molecule has 0 saturated heterocycles. The van der Waals surface area contributed by atoms with E-state index in [2.05, 4.69) is 0 Å². The predicted octanol–water partition coefficient (Wildman–Crippen LogP) is 2.68. The van der Waals surface area contributed by atoms with Crippen LogP contribution in [0.5, 0.6) is 5.75 Å². The van der Waals surface area contributed by atoms with Gasteiger partial charge in [0.05, 0.1) is 25.1 Å². The second kappa shape index (κ2) is 8.10. The fraction of sp³-hybridized carbons (Fsp3) is 0.158. The number of hydrogen-bond acceptors (Lipinski definition) is 5. The van der Waals surface area contributed by atoms with Crippen LogP contribution in [0.25, 0.3) is 0 Å². The Kier molecular flexibility index (Phi) is 5.60. The largest absolute Gasteiger partial charge is 0.497 e. The van der Waals surface area contributed by atoms with Gasteiger partial charge in [-0.05, 0) is 17.7 Å². The van der Waals surface area contributed by atoms with Crippen molar-refractivity contribution in [1.29, 1.82) is 0 Å². The van der Waals surface area contributed by atoms with Crippen molar-refractivity contribution in [3.05, 3.63) is 102 Å². The Labute approximate surface area is 164 Å². The minimum atomic E-state index is -0.647. The van der Waals surface area contributed by atoms with Crippen LogP contribution in [-0.2, 0) is 13.1 Å². The smallest absolute Gasteiger partial charge is 0.332 e. The van der Waals surface area contributed by atoms with E-state index in [-0.39, 0.29) is 29.5 Å². The van der Waals surface area contributed by atoms with Gasteiger partial charge >= 0.3 is 5.69 Å². The zero-order valence-corrected chi connectivity index (χ0v) is 15.6. The molecule has 0 spiro atoms. The molecule has 144 valence electrons. The van der Waals surface area contributed by atoms with Crippen LogP contribution in [-0.4, -0.2) is 21.2 Å². The first kappa shape index (κ1) is 19.4. The molecular weight excluding hydrogens is 386 g/mol. The molecule has 2 aromatic carbocycles. The van der Waals surface area contributed by atoms with Gasteiger partial charge in [0.15, 0.2) is 0 Å². The van der Waals surface area contributed by atoms with Crippen molar-refractivity contribution in [2.45, 2.75) is 13.1 Å². The van der Waals surface area contributed by atoms with Crippen LogP contribution in [0, 0.1) is 10.1 Å². The summed E-state index contributed by atoms with van der Waals surface area (Å²) in [6, 6.07) is 14.1. The van der Waals surface area contributed by atoms with Crippen molar-refractivity contribution in [1.82, 2.24) is 9.13 Å².